The minimum Gasteiger partial charge on any atom is -0.0625 e. The van der Waals surface area contributed by atoms with Crippen molar-refractivity contribution in [2.75, 3.05) is 0 Å². The monoisotopic (exact) mass is 817 g/mol. The van der Waals surface area contributed by atoms with Crippen LogP contribution in [0.5, 0.6) is 0 Å². The Bertz CT molecular complexity index is 1180. The fourth-order valence-corrected chi connectivity index (χ4v) is 19.0. The SMILES string of the molecule is CC(C)C1C2CC(C2)C1C.CC(C)C1C2CCC(C2)C1C.CC(C)C1C2CCC(CC2)C1C.CC(C)C1CC2CC(C2)C1C(C)C.CC(C)C1CC2CC(C2)C1C(C)C. The molecule has 0 heteroatoms. The van der Waals surface area contributed by atoms with Crippen molar-refractivity contribution in [1.82, 2.24) is 0 Å². The minimum absolute atomic E-state index is 0.915. The van der Waals surface area contributed by atoms with E-state index in [-0.39, 0.29) is 0 Å². The van der Waals surface area contributed by atoms with E-state index in [1.807, 2.05) is 0 Å². The van der Waals surface area contributed by atoms with Crippen LogP contribution in [-0.2, 0) is 0 Å². The van der Waals surface area contributed by atoms with Gasteiger partial charge in [0, 0.05) is 0 Å². The van der Waals surface area contributed by atoms with Gasteiger partial charge in [-0.1, -0.05) is 118 Å². The lowest BCUT2D eigenvalue weighted by molar-refractivity contribution is -0.0443. The molecular weight excluding hydrogens is 709 g/mol. The maximum absolute atomic E-state index is 2.50. The molecule has 0 N–H and O–H groups in total. The summed E-state index contributed by atoms with van der Waals surface area (Å²) >= 11 is 0. The van der Waals surface area contributed by atoms with Gasteiger partial charge >= 0.3 is 0 Å². The molecule has 0 amide bonds. The maximum atomic E-state index is 2.50. The summed E-state index contributed by atoms with van der Waals surface area (Å²) in [6.45, 7) is 41.3. The van der Waals surface area contributed by atoms with Gasteiger partial charge in [-0.2, -0.15) is 0 Å². The van der Waals surface area contributed by atoms with Crippen LogP contribution in [0.3, 0.4) is 0 Å². The van der Waals surface area contributed by atoms with Crippen LogP contribution in [0.1, 0.15) is 214 Å². The Morgan fingerprint density at radius 1 is 0.237 bits per heavy atom. The molecule has 0 radical (unpaired) electrons. The zero-order chi connectivity index (χ0) is 43.2. The van der Waals surface area contributed by atoms with Crippen molar-refractivity contribution in [3.63, 3.8) is 0 Å². The molecule has 0 spiro atoms. The first-order valence-electron chi connectivity index (χ1n) is 27.8. The average molecular weight is 818 g/mol. The third-order valence-corrected chi connectivity index (χ3v) is 21.6. The summed E-state index contributed by atoms with van der Waals surface area (Å²) < 4.78 is 0. The van der Waals surface area contributed by atoms with E-state index in [9.17, 15) is 0 Å². The molecule has 14 saturated carbocycles. The van der Waals surface area contributed by atoms with E-state index in [0.717, 1.165) is 160 Å². The van der Waals surface area contributed by atoms with Gasteiger partial charge in [-0.25, -0.2) is 0 Å². The van der Waals surface area contributed by atoms with Crippen LogP contribution >= 0.6 is 0 Å². The van der Waals surface area contributed by atoms with Gasteiger partial charge < -0.3 is 0 Å². The molecule has 0 nitrogen and oxygen atoms in total. The highest BCUT2D eigenvalue weighted by atomic mass is 14.6. The molecule has 0 heterocycles. The Labute approximate surface area is 372 Å². The van der Waals surface area contributed by atoms with E-state index in [4.69, 9.17) is 0 Å². The summed E-state index contributed by atoms with van der Waals surface area (Å²) in [7, 11) is 0. The molecule has 14 fully saturated rings. The first-order valence-corrected chi connectivity index (χ1v) is 27.8. The molecule has 14 aliphatic rings. The van der Waals surface area contributed by atoms with Crippen molar-refractivity contribution in [3.05, 3.63) is 0 Å². The highest BCUT2D eigenvalue weighted by molar-refractivity contribution is 5.01. The summed E-state index contributed by atoms with van der Waals surface area (Å²) in [5.74, 6) is 28.0. The van der Waals surface area contributed by atoms with Crippen LogP contribution in [0.25, 0.3) is 0 Å². The van der Waals surface area contributed by atoms with Gasteiger partial charge in [0.25, 0.3) is 0 Å². The molecule has 12 unspecified atom stereocenters. The second-order valence-electron chi connectivity index (χ2n) is 27.2. The summed E-state index contributed by atoms with van der Waals surface area (Å²) in [6, 6.07) is 0. The van der Waals surface area contributed by atoms with Crippen LogP contribution in [0, 0.1) is 160 Å². The third kappa shape index (κ3) is 10.6. The van der Waals surface area contributed by atoms with Crippen LogP contribution in [-0.4, -0.2) is 0 Å². The Morgan fingerprint density at radius 3 is 0.780 bits per heavy atom. The topological polar surface area (TPSA) is 0 Å². The second-order valence-corrected chi connectivity index (χ2v) is 27.2. The predicted octanol–water partition coefficient (Wildman–Crippen LogP) is 17.9. The lowest BCUT2D eigenvalue weighted by atomic mass is 9.51. The van der Waals surface area contributed by atoms with Crippen molar-refractivity contribution in [3.8, 4) is 0 Å². The zero-order valence-corrected chi connectivity index (χ0v) is 43.2. The maximum Gasteiger partial charge on any atom is -0.0332 e. The highest BCUT2D eigenvalue weighted by Crippen LogP contribution is 2.59. The van der Waals surface area contributed by atoms with Crippen LogP contribution in [0.15, 0.2) is 0 Å². The molecule has 10 bridgehead atoms. The van der Waals surface area contributed by atoms with Crippen molar-refractivity contribution < 1.29 is 0 Å². The molecule has 14 aliphatic carbocycles. The Kier molecular flexibility index (Phi) is 16.8. The lowest BCUT2D eigenvalue weighted by Gasteiger charge is -2.54. The van der Waals surface area contributed by atoms with Crippen molar-refractivity contribution in [2.45, 2.75) is 214 Å². The van der Waals surface area contributed by atoms with Gasteiger partial charge in [0.15, 0.2) is 0 Å². The molecule has 12 atom stereocenters. The summed E-state index contributed by atoms with van der Waals surface area (Å²) in [4.78, 5) is 0. The molecule has 59 heavy (non-hydrogen) atoms. The Hall–Kier alpha value is 0. The van der Waals surface area contributed by atoms with Gasteiger partial charge in [0.1, 0.15) is 0 Å². The second kappa shape index (κ2) is 20.4. The predicted molar refractivity (Wildman–Crippen MR) is 260 cm³/mol. The van der Waals surface area contributed by atoms with Crippen LogP contribution in [0.2, 0.25) is 0 Å². The van der Waals surface area contributed by atoms with E-state index in [1.165, 1.54) is 51.4 Å². The first-order chi connectivity index (χ1) is 27.8. The summed E-state index contributed by atoms with van der Waals surface area (Å²) in [6.07, 6.45) is 23.2. The highest BCUT2D eigenvalue weighted by Gasteiger charge is 2.51. The van der Waals surface area contributed by atoms with Crippen molar-refractivity contribution in [1.29, 1.82) is 0 Å². The van der Waals surface area contributed by atoms with E-state index in [0.29, 0.717) is 0 Å². The number of rotatable bonds is 7. The summed E-state index contributed by atoms with van der Waals surface area (Å²) in [5, 5.41) is 0. The van der Waals surface area contributed by atoms with Gasteiger partial charge in [-0.05, 0) is 256 Å². The minimum atomic E-state index is 0.915. The van der Waals surface area contributed by atoms with Gasteiger partial charge in [0.05, 0.1) is 0 Å². The number of hydrogen-bond donors (Lipinski definition) is 0. The molecule has 0 saturated heterocycles. The molecule has 344 valence electrons. The summed E-state index contributed by atoms with van der Waals surface area (Å²) in [5.41, 5.74) is 0. The van der Waals surface area contributed by atoms with Crippen LogP contribution < -0.4 is 0 Å². The van der Waals surface area contributed by atoms with Crippen molar-refractivity contribution >= 4 is 0 Å². The molecular formula is C59H108. The fourth-order valence-electron chi connectivity index (χ4n) is 19.0. The molecule has 0 aromatic heterocycles. The zero-order valence-electron chi connectivity index (χ0n) is 43.2. The number of fused-ring (bicyclic) bond motifs is 10. The molecule has 0 aromatic rings. The standard InChI is InChI=1S/2C13H24.C12H22.C11H20.C10H18/c2*1-8(2)12-7-10-5-11(6-10)13(12)9(3)4;1-8(2)12-9(3)10-4-6-11(12)7-5-10;1-7(2)11-8(3)9-4-5-10(11)6-9;1-6(2)10-7(3)8-4-9(10)5-8/h2*8-13H,5-7H2,1-4H3;8-12H,4-7H2,1-3H3;7-11H,4-6H2,1-3H3;6-10H,4-5H2,1-3H3. The average Bonchev–Trinajstić information content (AvgIpc) is 3.90. The molecule has 0 aliphatic heterocycles. The van der Waals surface area contributed by atoms with E-state index >= 15 is 0 Å². The van der Waals surface area contributed by atoms with Gasteiger partial charge in [0.2, 0.25) is 0 Å². The number of hydrogen-bond acceptors (Lipinski definition) is 0. The molecule has 14 rings (SSSR count). The smallest absolute Gasteiger partial charge is 0.0332 e. The lowest BCUT2D eigenvalue weighted by Crippen LogP contribution is -2.46. The normalized spacial score (nSPS) is 46.8. The largest absolute Gasteiger partial charge is 0.0625 e. The van der Waals surface area contributed by atoms with Gasteiger partial charge in [-0.3, -0.25) is 0 Å². The van der Waals surface area contributed by atoms with E-state index in [1.54, 1.807) is 44.9 Å². The van der Waals surface area contributed by atoms with Crippen molar-refractivity contribution in [2.24, 2.45) is 160 Å². The van der Waals surface area contributed by atoms with Crippen LogP contribution in [0.4, 0.5) is 0 Å². The van der Waals surface area contributed by atoms with E-state index < -0.39 is 0 Å². The Balaban J connectivity index is 0.000000124. The fraction of sp³-hybridized carbons (Fsp3) is 1.00. The first kappa shape index (κ1) is 48.5. The third-order valence-electron chi connectivity index (χ3n) is 21.6. The quantitative estimate of drug-likeness (QED) is 0.240. The van der Waals surface area contributed by atoms with Gasteiger partial charge in [-0.15, -0.1) is 0 Å². The Morgan fingerprint density at radius 2 is 0.525 bits per heavy atom. The molecule has 0 aromatic carbocycles. The van der Waals surface area contributed by atoms with E-state index in [2.05, 4.69) is 118 Å².